The predicted molar refractivity (Wildman–Crippen MR) is 42.3 cm³/mol. The van der Waals surface area contributed by atoms with Crippen LogP contribution in [0.15, 0.2) is 23.9 Å². The van der Waals surface area contributed by atoms with Gasteiger partial charge in [-0.1, -0.05) is 12.2 Å². The van der Waals surface area contributed by atoms with Crippen molar-refractivity contribution in [3.8, 4) is 0 Å². The number of hydrogen-bond donors (Lipinski definition) is 0. The Morgan fingerprint density at radius 3 is 2.22 bits per heavy atom. The Balaban J connectivity index is 3.84. The van der Waals surface area contributed by atoms with E-state index in [0.717, 1.165) is 0 Å². The van der Waals surface area contributed by atoms with Gasteiger partial charge < -0.3 is 4.90 Å². The van der Waals surface area contributed by atoms with Gasteiger partial charge in [0.25, 0.3) is 0 Å². The van der Waals surface area contributed by atoms with E-state index in [4.69, 9.17) is 0 Å². The first kappa shape index (κ1) is 8.28. The fraction of sp³-hybridized carbons (Fsp3) is 0.500. The molecule has 0 heterocycles. The molecule has 0 rings (SSSR count). The van der Waals surface area contributed by atoms with Gasteiger partial charge in [-0.2, -0.15) is 0 Å². The van der Waals surface area contributed by atoms with E-state index < -0.39 is 0 Å². The Kier molecular flexibility index (Phi) is 3.85. The summed E-state index contributed by atoms with van der Waals surface area (Å²) in [6, 6.07) is 0. The summed E-state index contributed by atoms with van der Waals surface area (Å²) < 4.78 is 0. The zero-order valence-electron chi connectivity index (χ0n) is 6.68. The number of hydrogen-bond acceptors (Lipinski definition) is 1. The summed E-state index contributed by atoms with van der Waals surface area (Å²) in [6.45, 7) is 4.10. The third kappa shape index (κ3) is 5.15. The molecule has 0 aromatic rings. The first-order chi connectivity index (χ1) is 4.16. The molecule has 1 nitrogen and oxygen atoms in total. The minimum atomic E-state index is 1.28. The summed E-state index contributed by atoms with van der Waals surface area (Å²) >= 11 is 0. The van der Waals surface area contributed by atoms with E-state index in [-0.39, 0.29) is 0 Å². The van der Waals surface area contributed by atoms with Gasteiger partial charge in [-0.3, -0.25) is 0 Å². The summed E-state index contributed by atoms with van der Waals surface area (Å²) in [5.74, 6) is 0. The Bertz CT molecular complexity index is 121. The average Bonchev–Trinajstić information content (AvgIpc) is 1.63. The third-order valence-corrected chi connectivity index (χ3v) is 0.891. The molecule has 0 aromatic carbocycles. The van der Waals surface area contributed by atoms with Gasteiger partial charge in [0, 0.05) is 20.3 Å². The van der Waals surface area contributed by atoms with E-state index in [1.165, 1.54) is 5.57 Å². The van der Waals surface area contributed by atoms with Gasteiger partial charge in [0.1, 0.15) is 0 Å². The van der Waals surface area contributed by atoms with E-state index in [0.29, 0.717) is 0 Å². The Morgan fingerprint density at radius 2 is 1.89 bits per heavy atom. The third-order valence-electron chi connectivity index (χ3n) is 0.891. The monoisotopic (exact) mass is 125 g/mol. The summed E-state index contributed by atoms with van der Waals surface area (Å²) in [7, 11) is 4.04. The van der Waals surface area contributed by atoms with Gasteiger partial charge in [0.15, 0.2) is 0 Å². The Morgan fingerprint density at radius 1 is 1.33 bits per heavy atom. The van der Waals surface area contributed by atoms with E-state index in [1.807, 2.05) is 32.0 Å². The molecule has 0 aliphatic carbocycles. The van der Waals surface area contributed by atoms with Crippen LogP contribution < -0.4 is 0 Å². The van der Waals surface area contributed by atoms with Crippen LogP contribution in [0.2, 0.25) is 0 Å². The lowest BCUT2D eigenvalue weighted by atomic mass is 10.3. The van der Waals surface area contributed by atoms with Gasteiger partial charge in [0.2, 0.25) is 0 Å². The lowest BCUT2D eigenvalue weighted by molar-refractivity contribution is 0.560. The highest BCUT2D eigenvalue weighted by Gasteiger charge is 1.79. The van der Waals surface area contributed by atoms with Gasteiger partial charge in [-0.05, 0) is 19.4 Å². The van der Waals surface area contributed by atoms with Crippen LogP contribution in [0.3, 0.4) is 0 Å². The van der Waals surface area contributed by atoms with Crippen LogP contribution in [0.5, 0.6) is 0 Å². The molecule has 0 N–H and O–H groups in total. The minimum Gasteiger partial charge on any atom is -0.383 e. The second-order valence-corrected chi connectivity index (χ2v) is 2.34. The first-order valence-electron chi connectivity index (χ1n) is 3.14. The molecule has 0 aromatic heterocycles. The maximum atomic E-state index is 2.08. The molecule has 0 unspecified atom stereocenters. The molecular weight excluding hydrogens is 110 g/mol. The maximum absolute atomic E-state index is 2.08. The smallest absolute Gasteiger partial charge is 0.00557 e. The number of allylic oxidation sites excluding steroid dienone is 3. The van der Waals surface area contributed by atoms with Gasteiger partial charge >= 0.3 is 0 Å². The molecule has 0 radical (unpaired) electrons. The van der Waals surface area contributed by atoms with Crippen LogP contribution in [-0.4, -0.2) is 19.0 Å². The molecule has 1 heteroatoms. The summed E-state index contributed by atoms with van der Waals surface area (Å²) in [5, 5.41) is 0. The first-order valence-corrected chi connectivity index (χ1v) is 3.14. The fourth-order valence-corrected chi connectivity index (χ4v) is 0.713. The fourth-order valence-electron chi connectivity index (χ4n) is 0.713. The van der Waals surface area contributed by atoms with E-state index in [9.17, 15) is 0 Å². The summed E-state index contributed by atoms with van der Waals surface area (Å²) in [4.78, 5) is 2.04. The normalized spacial score (nSPS) is 12.7. The van der Waals surface area contributed by atoms with E-state index >= 15 is 0 Å². The largest absolute Gasteiger partial charge is 0.383 e. The van der Waals surface area contributed by atoms with Crippen molar-refractivity contribution in [3.05, 3.63) is 23.9 Å². The van der Waals surface area contributed by atoms with Crippen LogP contribution in [0.25, 0.3) is 0 Å². The quantitative estimate of drug-likeness (QED) is 0.510. The molecule has 0 bridgehead atoms. The highest BCUT2D eigenvalue weighted by atomic mass is 15.0. The Labute approximate surface area is 57.7 Å². The molecular formula is C8H15N. The molecule has 9 heavy (non-hydrogen) atoms. The summed E-state index contributed by atoms with van der Waals surface area (Å²) in [6.07, 6.45) is 6.20. The molecule has 0 spiro atoms. The van der Waals surface area contributed by atoms with E-state index in [2.05, 4.69) is 19.2 Å². The highest BCUT2D eigenvalue weighted by molar-refractivity contribution is 5.13. The lowest BCUT2D eigenvalue weighted by Gasteiger charge is -2.04. The molecule has 0 saturated carbocycles. The standard InChI is InChI=1S/C8H15N/c1-5-6-8(2)7-9(3)4/h5-7H,1-4H3/b6-5-,8-7-. The molecule has 52 valence electrons. The topological polar surface area (TPSA) is 3.24 Å². The average molecular weight is 125 g/mol. The predicted octanol–water partition coefficient (Wildman–Crippen LogP) is 2.03. The van der Waals surface area contributed by atoms with Crippen LogP contribution in [-0.2, 0) is 0 Å². The maximum Gasteiger partial charge on any atom is 0.00557 e. The van der Waals surface area contributed by atoms with Crippen molar-refractivity contribution < 1.29 is 0 Å². The summed E-state index contributed by atoms with van der Waals surface area (Å²) in [5.41, 5.74) is 1.28. The van der Waals surface area contributed by atoms with Crippen LogP contribution in [0.4, 0.5) is 0 Å². The second kappa shape index (κ2) is 4.19. The van der Waals surface area contributed by atoms with Crippen LogP contribution >= 0.6 is 0 Å². The SMILES string of the molecule is C/C=C\C(C)=C/N(C)C. The molecule has 0 atom stereocenters. The lowest BCUT2D eigenvalue weighted by Crippen LogP contribution is -2.01. The van der Waals surface area contributed by atoms with Crippen molar-refractivity contribution in [1.29, 1.82) is 0 Å². The van der Waals surface area contributed by atoms with Crippen molar-refractivity contribution in [2.75, 3.05) is 14.1 Å². The second-order valence-electron chi connectivity index (χ2n) is 2.34. The van der Waals surface area contributed by atoms with Gasteiger partial charge in [-0.25, -0.2) is 0 Å². The van der Waals surface area contributed by atoms with Gasteiger partial charge in [0.05, 0.1) is 0 Å². The van der Waals surface area contributed by atoms with Crippen molar-refractivity contribution >= 4 is 0 Å². The Hall–Kier alpha value is -0.720. The van der Waals surface area contributed by atoms with Crippen molar-refractivity contribution in [2.24, 2.45) is 0 Å². The zero-order valence-corrected chi connectivity index (χ0v) is 6.68. The van der Waals surface area contributed by atoms with Crippen LogP contribution in [0.1, 0.15) is 13.8 Å². The van der Waals surface area contributed by atoms with Crippen LogP contribution in [0, 0.1) is 0 Å². The molecule has 0 saturated heterocycles. The van der Waals surface area contributed by atoms with E-state index in [1.54, 1.807) is 0 Å². The van der Waals surface area contributed by atoms with Crippen molar-refractivity contribution in [3.63, 3.8) is 0 Å². The minimum absolute atomic E-state index is 1.28. The van der Waals surface area contributed by atoms with Gasteiger partial charge in [-0.15, -0.1) is 0 Å². The zero-order chi connectivity index (χ0) is 7.28. The molecule has 0 aliphatic heterocycles. The van der Waals surface area contributed by atoms with Crippen molar-refractivity contribution in [2.45, 2.75) is 13.8 Å². The number of rotatable bonds is 2. The highest BCUT2D eigenvalue weighted by Crippen LogP contribution is 1.94. The molecule has 0 aliphatic rings. The molecule has 0 fully saturated rings. The van der Waals surface area contributed by atoms with Crippen molar-refractivity contribution in [1.82, 2.24) is 4.90 Å². The number of nitrogens with zero attached hydrogens (tertiary/aromatic N) is 1. The molecule has 0 amide bonds.